The highest BCUT2D eigenvalue weighted by atomic mass is 32.2. The van der Waals surface area contributed by atoms with Crippen molar-refractivity contribution >= 4 is 11.8 Å². The molecule has 3 unspecified atom stereocenters. The van der Waals surface area contributed by atoms with Crippen LogP contribution in [-0.4, -0.2) is 17.0 Å². The van der Waals surface area contributed by atoms with Crippen LogP contribution in [0.5, 0.6) is 0 Å². The molecular weight excluding hydrogens is 202 g/mol. The van der Waals surface area contributed by atoms with E-state index in [4.69, 9.17) is 5.73 Å². The second-order valence-corrected chi connectivity index (χ2v) is 7.06. The summed E-state index contributed by atoms with van der Waals surface area (Å²) in [4.78, 5) is 0. The third-order valence-corrected chi connectivity index (χ3v) is 5.62. The summed E-state index contributed by atoms with van der Waals surface area (Å²) < 4.78 is 0. The minimum absolute atomic E-state index is 0.353. The highest BCUT2D eigenvalue weighted by Crippen LogP contribution is 2.39. The number of hydrogen-bond donors (Lipinski definition) is 1. The Morgan fingerprint density at radius 3 is 2.73 bits per heavy atom. The van der Waals surface area contributed by atoms with Gasteiger partial charge in [-0.3, -0.25) is 0 Å². The number of rotatable bonds is 4. The molecule has 0 bridgehead atoms. The zero-order chi connectivity index (χ0) is 11.5. The highest BCUT2D eigenvalue weighted by molar-refractivity contribution is 7.99. The fourth-order valence-corrected chi connectivity index (χ4v) is 3.92. The first-order valence-electron chi connectivity index (χ1n) is 6.34. The van der Waals surface area contributed by atoms with Gasteiger partial charge in [-0.15, -0.1) is 0 Å². The van der Waals surface area contributed by atoms with Crippen LogP contribution in [-0.2, 0) is 0 Å². The predicted octanol–water partition coefficient (Wildman–Crippen LogP) is 3.67. The average molecular weight is 229 g/mol. The second kappa shape index (κ2) is 5.58. The zero-order valence-electron chi connectivity index (χ0n) is 10.8. The molecule has 0 aromatic heterocycles. The standard InChI is InChI=1S/C13H27NS/c1-5-10(2)9-15-11-7-6-8-13(3,4)12(11)14/h10-12H,5-9,14H2,1-4H3. The molecule has 1 nitrogen and oxygen atoms in total. The van der Waals surface area contributed by atoms with E-state index in [1.165, 1.54) is 31.4 Å². The third kappa shape index (κ3) is 3.67. The maximum absolute atomic E-state index is 6.36. The summed E-state index contributed by atoms with van der Waals surface area (Å²) in [5.74, 6) is 2.12. The minimum Gasteiger partial charge on any atom is -0.326 e. The Labute approximate surface area is 99.6 Å². The van der Waals surface area contributed by atoms with Gasteiger partial charge in [0.1, 0.15) is 0 Å². The van der Waals surface area contributed by atoms with Crippen molar-refractivity contribution in [2.45, 2.75) is 64.7 Å². The molecule has 1 aliphatic carbocycles. The first-order chi connectivity index (χ1) is 6.97. The van der Waals surface area contributed by atoms with Gasteiger partial charge in [0.25, 0.3) is 0 Å². The zero-order valence-corrected chi connectivity index (χ0v) is 11.6. The maximum atomic E-state index is 6.36. The highest BCUT2D eigenvalue weighted by Gasteiger charge is 2.36. The molecule has 0 saturated heterocycles. The first kappa shape index (κ1) is 13.4. The van der Waals surface area contributed by atoms with E-state index in [9.17, 15) is 0 Å². The van der Waals surface area contributed by atoms with Crippen LogP contribution in [0.1, 0.15) is 53.4 Å². The molecule has 0 aromatic carbocycles. The van der Waals surface area contributed by atoms with Gasteiger partial charge in [-0.2, -0.15) is 11.8 Å². The van der Waals surface area contributed by atoms with E-state index >= 15 is 0 Å². The summed E-state index contributed by atoms with van der Waals surface area (Å²) in [6.07, 6.45) is 5.28. The largest absolute Gasteiger partial charge is 0.326 e. The molecule has 0 radical (unpaired) electrons. The van der Waals surface area contributed by atoms with E-state index in [2.05, 4.69) is 39.5 Å². The van der Waals surface area contributed by atoms with Gasteiger partial charge in [-0.25, -0.2) is 0 Å². The molecule has 90 valence electrons. The molecule has 0 amide bonds. The van der Waals surface area contributed by atoms with E-state index in [0.717, 1.165) is 5.92 Å². The van der Waals surface area contributed by atoms with Gasteiger partial charge in [-0.1, -0.05) is 40.5 Å². The maximum Gasteiger partial charge on any atom is 0.0211 e. The normalized spacial score (nSPS) is 32.6. The molecule has 1 fully saturated rings. The van der Waals surface area contributed by atoms with Crippen molar-refractivity contribution in [2.75, 3.05) is 5.75 Å². The van der Waals surface area contributed by atoms with Crippen molar-refractivity contribution in [2.24, 2.45) is 17.1 Å². The van der Waals surface area contributed by atoms with Crippen molar-refractivity contribution in [3.63, 3.8) is 0 Å². The van der Waals surface area contributed by atoms with E-state index < -0.39 is 0 Å². The SMILES string of the molecule is CCC(C)CSC1CCCC(C)(C)C1N. The lowest BCUT2D eigenvalue weighted by atomic mass is 9.73. The van der Waals surface area contributed by atoms with Gasteiger partial charge in [-0.05, 0) is 29.9 Å². The fraction of sp³-hybridized carbons (Fsp3) is 1.00. The Bertz CT molecular complexity index is 191. The average Bonchev–Trinajstić information content (AvgIpc) is 2.19. The van der Waals surface area contributed by atoms with Gasteiger partial charge in [0.2, 0.25) is 0 Å². The Hall–Kier alpha value is 0.310. The van der Waals surface area contributed by atoms with Crippen LogP contribution < -0.4 is 5.73 Å². The molecule has 0 aliphatic heterocycles. The smallest absolute Gasteiger partial charge is 0.0211 e. The summed E-state index contributed by atoms with van der Waals surface area (Å²) in [5, 5.41) is 0.697. The quantitative estimate of drug-likeness (QED) is 0.796. The second-order valence-electron chi connectivity index (χ2n) is 5.79. The molecule has 1 rings (SSSR count). The monoisotopic (exact) mass is 229 g/mol. The van der Waals surface area contributed by atoms with Gasteiger partial charge in [0, 0.05) is 11.3 Å². The topological polar surface area (TPSA) is 26.0 Å². The van der Waals surface area contributed by atoms with Gasteiger partial charge >= 0.3 is 0 Å². The van der Waals surface area contributed by atoms with Gasteiger partial charge < -0.3 is 5.73 Å². The number of hydrogen-bond acceptors (Lipinski definition) is 2. The minimum atomic E-state index is 0.353. The fourth-order valence-electron chi connectivity index (χ4n) is 2.20. The Morgan fingerprint density at radius 1 is 1.47 bits per heavy atom. The summed E-state index contributed by atoms with van der Waals surface area (Å²) >= 11 is 2.12. The lowest BCUT2D eigenvalue weighted by Crippen LogP contribution is -2.48. The molecule has 15 heavy (non-hydrogen) atoms. The first-order valence-corrected chi connectivity index (χ1v) is 7.39. The van der Waals surface area contributed by atoms with Crippen molar-refractivity contribution < 1.29 is 0 Å². The van der Waals surface area contributed by atoms with Gasteiger partial charge in [0.15, 0.2) is 0 Å². The van der Waals surface area contributed by atoms with Gasteiger partial charge in [0.05, 0.1) is 0 Å². The Morgan fingerprint density at radius 2 is 2.13 bits per heavy atom. The summed E-state index contributed by atoms with van der Waals surface area (Å²) in [6, 6.07) is 0.389. The van der Waals surface area contributed by atoms with E-state index in [1.54, 1.807) is 0 Å². The van der Waals surface area contributed by atoms with Crippen molar-refractivity contribution in [3.8, 4) is 0 Å². The number of nitrogens with two attached hydrogens (primary N) is 1. The van der Waals surface area contributed by atoms with Crippen LogP contribution in [0.25, 0.3) is 0 Å². The Balaban J connectivity index is 2.41. The lowest BCUT2D eigenvalue weighted by molar-refractivity contribution is 0.208. The molecular formula is C13H27NS. The third-order valence-electron chi connectivity index (χ3n) is 3.90. The molecule has 0 aromatic rings. The predicted molar refractivity (Wildman–Crippen MR) is 71.3 cm³/mol. The van der Waals surface area contributed by atoms with E-state index in [-0.39, 0.29) is 0 Å². The van der Waals surface area contributed by atoms with Crippen molar-refractivity contribution in [3.05, 3.63) is 0 Å². The molecule has 1 saturated carbocycles. The van der Waals surface area contributed by atoms with Crippen molar-refractivity contribution in [1.82, 2.24) is 0 Å². The van der Waals surface area contributed by atoms with E-state index in [0.29, 0.717) is 16.7 Å². The summed E-state index contributed by atoms with van der Waals surface area (Å²) in [6.45, 7) is 9.27. The van der Waals surface area contributed by atoms with Crippen LogP contribution in [0.3, 0.4) is 0 Å². The molecule has 0 heterocycles. The van der Waals surface area contributed by atoms with Crippen LogP contribution in [0.2, 0.25) is 0 Å². The molecule has 3 atom stereocenters. The van der Waals surface area contributed by atoms with Crippen LogP contribution in [0.15, 0.2) is 0 Å². The molecule has 0 spiro atoms. The summed E-state index contributed by atoms with van der Waals surface area (Å²) in [5.41, 5.74) is 6.72. The molecule has 2 heteroatoms. The lowest BCUT2D eigenvalue weighted by Gasteiger charge is -2.41. The number of thioether (sulfide) groups is 1. The van der Waals surface area contributed by atoms with E-state index in [1.807, 2.05) is 0 Å². The van der Waals surface area contributed by atoms with Crippen LogP contribution in [0.4, 0.5) is 0 Å². The Kier molecular flexibility index (Phi) is 4.98. The van der Waals surface area contributed by atoms with Crippen LogP contribution >= 0.6 is 11.8 Å². The molecule has 1 aliphatic rings. The molecule has 2 N–H and O–H groups in total. The van der Waals surface area contributed by atoms with Crippen LogP contribution in [0, 0.1) is 11.3 Å². The summed E-state index contributed by atoms with van der Waals surface area (Å²) in [7, 11) is 0. The van der Waals surface area contributed by atoms with Crippen molar-refractivity contribution in [1.29, 1.82) is 0 Å².